The number of rotatable bonds is 5. The van der Waals surface area contributed by atoms with Crippen molar-refractivity contribution in [2.75, 3.05) is 19.6 Å². The highest BCUT2D eigenvalue weighted by atomic mass is 15.2. The van der Waals surface area contributed by atoms with E-state index in [9.17, 15) is 0 Å². The highest BCUT2D eigenvalue weighted by molar-refractivity contribution is 5.53. The first-order valence-electron chi connectivity index (χ1n) is 7.24. The summed E-state index contributed by atoms with van der Waals surface area (Å²) in [5, 5.41) is 7.96. The average molecular weight is 258 g/mol. The molecule has 0 amide bonds. The van der Waals surface area contributed by atoms with Crippen LogP contribution in [-0.2, 0) is 6.54 Å². The first-order valence-corrected chi connectivity index (χ1v) is 7.24. The quantitative estimate of drug-likeness (QED) is 0.889. The van der Waals surface area contributed by atoms with Crippen molar-refractivity contribution in [1.82, 2.24) is 19.8 Å². The van der Waals surface area contributed by atoms with Gasteiger partial charge in [-0.3, -0.25) is 4.90 Å². The number of nitrogens with one attached hydrogen (secondary N) is 1. The van der Waals surface area contributed by atoms with Crippen LogP contribution in [0.4, 0.5) is 0 Å². The van der Waals surface area contributed by atoms with E-state index in [0.717, 1.165) is 13.1 Å². The summed E-state index contributed by atoms with van der Waals surface area (Å²) < 4.78 is 1.94. The molecule has 1 N–H and O–H groups in total. The summed E-state index contributed by atoms with van der Waals surface area (Å²) in [5.74, 6) is 0. The standard InChI is InChI=1S/C15H22N4/c1-2-18-8-5-6-14(18)12-16-10-13-11-17-19-9-4-3-7-15(13)19/h3-4,7,9,11,14,16H,2,5-6,8,10,12H2,1H3. The first-order chi connectivity index (χ1) is 9.38. The van der Waals surface area contributed by atoms with Crippen LogP contribution in [0.5, 0.6) is 0 Å². The van der Waals surface area contributed by atoms with Crippen LogP contribution in [0, 0.1) is 0 Å². The summed E-state index contributed by atoms with van der Waals surface area (Å²) in [6.07, 6.45) is 6.63. The molecular formula is C15H22N4. The van der Waals surface area contributed by atoms with Gasteiger partial charge in [-0.25, -0.2) is 4.52 Å². The Morgan fingerprint density at radius 3 is 3.26 bits per heavy atom. The van der Waals surface area contributed by atoms with Crippen molar-refractivity contribution < 1.29 is 0 Å². The molecule has 0 aromatic carbocycles. The average Bonchev–Trinajstić information content (AvgIpc) is 3.06. The minimum absolute atomic E-state index is 0.715. The monoisotopic (exact) mass is 258 g/mol. The van der Waals surface area contributed by atoms with E-state index in [4.69, 9.17) is 0 Å². The zero-order valence-electron chi connectivity index (χ0n) is 11.5. The highest BCUT2D eigenvalue weighted by Crippen LogP contribution is 2.16. The molecule has 3 rings (SSSR count). The zero-order chi connectivity index (χ0) is 13.1. The summed E-state index contributed by atoms with van der Waals surface area (Å²) >= 11 is 0. The topological polar surface area (TPSA) is 32.6 Å². The van der Waals surface area contributed by atoms with Crippen molar-refractivity contribution in [3.63, 3.8) is 0 Å². The maximum Gasteiger partial charge on any atom is 0.0706 e. The van der Waals surface area contributed by atoms with E-state index in [1.54, 1.807) is 0 Å². The summed E-state index contributed by atoms with van der Waals surface area (Å²) in [6.45, 7) is 6.67. The van der Waals surface area contributed by atoms with Crippen LogP contribution in [0.2, 0.25) is 0 Å². The van der Waals surface area contributed by atoms with Gasteiger partial charge in [-0.05, 0) is 38.1 Å². The van der Waals surface area contributed by atoms with Crippen molar-refractivity contribution >= 4 is 5.52 Å². The Balaban J connectivity index is 1.57. The van der Waals surface area contributed by atoms with Crippen LogP contribution in [0.1, 0.15) is 25.3 Å². The second kappa shape index (κ2) is 5.72. The molecule has 0 saturated carbocycles. The van der Waals surface area contributed by atoms with Gasteiger partial charge >= 0.3 is 0 Å². The molecule has 0 radical (unpaired) electrons. The molecule has 4 nitrogen and oxygen atoms in total. The van der Waals surface area contributed by atoms with Gasteiger partial charge in [0.25, 0.3) is 0 Å². The number of likely N-dealkylation sites (tertiary alicyclic amines) is 1. The fourth-order valence-electron chi connectivity index (χ4n) is 3.04. The summed E-state index contributed by atoms with van der Waals surface area (Å²) in [7, 11) is 0. The van der Waals surface area contributed by atoms with E-state index in [1.165, 1.54) is 37.0 Å². The molecule has 0 spiro atoms. The molecule has 4 heteroatoms. The van der Waals surface area contributed by atoms with Gasteiger partial charge in [0.15, 0.2) is 0 Å². The van der Waals surface area contributed by atoms with E-state index < -0.39 is 0 Å². The van der Waals surface area contributed by atoms with Crippen LogP contribution in [0.25, 0.3) is 5.52 Å². The van der Waals surface area contributed by atoms with Crippen LogP contribution in [0.15, 0.2) is 30.6 Å². The summed E-state index contributed by atoms with van der Waals surface area (Å²) in [4.78, 5) is 2.57. The van der Waals surface area contributed by atoms with Gasteiger partial charge in [0, 0.05) is 30.9 Å². The molecular weight excluding hydrogens is 236 g/mol. The van der Waals surface area contributed by atoms with E-state index >= 15 is 0 Å². The molecule has 1 atom stereocenters. The Kier molecular flexibility index (Phi) is 3.80. The van der Waals surface area contributed by atoms with Gasteiger partial charge in [-0.2, -0.15) is 5.10 Å². The predicted molar refractivity (Wildman–Crippen MR) is 77.2 cm³/mol. The van der Waals surface area contributed by atoms with Crippen LogP contribution in [-0.4, -0.2) is 40.2 Å². The molecule has 2 aromatic rings. The Morgan fingerprint density at radius 2 is 2.37 bits per heavy atom. The van der Waals surface area contributed by atoms with Gasteiger partial charge in [0.05, 0.1) is 11.7 Å². The normalized spacial score (nSPS) is 20.4. The molecule has 0 aliphatic carbocycles. The van der Waals surface area contributed by atoms with Gasteiger partial charge < -0.3 is 5.32 Å². The lowest BCUT2D eigenvalue weighted by molar-refractivity contribution is 0.260. The van der Waals surface area contributed by atoms with E-state index in [0.29, 0.717) is 6.04 Å². The first kappa shape index (κ1) is 12.6. The number of hydrogen-bond acceptors (Lipinski definition) is 3. The van der Waals surface area contributed by atoms with Gasteiger partial charge in [-0.1, -0.05) is 13.0 Å². The molecule has 2 aromatic heterocycles. The van der Waals surface area contributed by atoms with Crippen LogP contribution < -0.4 is 5.32 Å². The van der Waals surface area contributed by atoms with Crippen LogP contribution >= 0.6 is 0 Å². The third kappa shape index (κ3) is 2.65. The zero-order valence-corrected chi connectivity index (χ0v) is 11.5. The molecule has 1 aliphatic heterocycles. The number of likely N-dealkylation sites (N-methyl/N-ethyl adjacent to an activating group) is 1. The Labute approximate surface area is 114 Å². The minimum atomic E-state index is 0.715. The minimum Gasteiger partial charge on any atom is -0.311 e. The molecule has 1 fully saturated rings. The summed E-state index contributed by atoms with van der Waals surface area (Å²) in [5.41, 5.74) is 2.48. The maximum absolute atomic E-state index is 4.37. The Morgan fingerprint density at radius 1 is 1.42 bits per heavy atom. The molecule has 0 bridgehead atoms. The van der Waals surface area contributed by atoms with Crippen LogP contribution in [0.3, 0.4) is 0 Å². The molecule has 1 unspecified atom stereocenters. The molecule has 3 heterocycles. The Bertz CT molecular complexity index is 534. The number of fused-ring (bicyclic) bond motifs is 1. The van der Waals surface area contributed by atoms with Crippen molar-refractivity contribution in [1.29, 1.82) is 0 Å². The Hall–Kier alpha value is -1.39. The molecule has 1 aliphatic rings. The third-order valence-electron chi connectivity index (χ3n) is 4.11. The molecule has 19 heavy (non-hydrogen) atoms. The third-order valence-corrected chi connectivity index (χ3v) is 4.11. The van der Waals surface area contributed by atoms with E-state index in [-0.39, 0.29) is 0 Å². The van der Waals surface area contributed by atoms with E-state index in [2.05, 4.69) is 34.4 Å². The second-order valence-corrected chi connectivity index (χ2v) is 5.26. The van der Waals surface area contributed by atoms with Crippen molar-refractivity contribution in [3.8, 4) is 0 Å². The number of hydrogen-bond donors (Lipinski definition) is 1. The van der Waals surface area contributed by atoms with Crippen molar-refractivity contribution in [3.05, 3.63) is 36.2 Å². The van der Waals surface area contributed by atoms with Gasteiger partial charge in [0.1, 0.15) is 0 Å². The molecule has 1 saturated heterocycles. The molecule has 102 valence electrons. The maximum atomic E-state index is 4.37. The SMILES string of the molecule is CCN1CCCC1CNCc1cnn2ccccc12. The summed E-state index contributed by atoms with van der Waals surface area (Å²) in [6, 6.07) is 6.91. The fraction of sp³-hybridized carbons (Fsp3) is 0.533. The van der Waals surface area contributed by atoms with E-state index in [1.807, 2.05) is 23.0 Å². The van der Waals surface area contributed by atoms with Gasteiger partial charge in [0.2, 0.25) is 0 Å². The smallest absolute Gasteiger partial charge is 0.0706 e. The number of aromatic nitrogens is 2. The number of pyridine rings is 1. The number of nitrogens with zero attached hydrogens (tertiary/aromatic N) is 3. The second-order valence-electron chi connectivity index (χ2n) is 5.26. The van der Waals surface area contributed by atoms with Crippen molar-refractivity contribution in [2.45, 2.75) is 32.4 Å². The van der Waals surface area contributed by atoms with Crippen molar-refractivity contribution in [2.24, 2.45) is 0 Å². The lowest BCUT2D eigenvalue weighted by atomic mass is 10.2. The lowest BCUT2D eigenvalue weighted by Crippen LogP contribution is -2.37. The fourth-order valence-corrected chi connectivity index (χ4v) is 3.04. The van der Waals surface area contributed by atoms with Gasteiger partial charge in [-0.15, -0.1) is 0 Å². The highest BCUT2D eigenvalue weighted by Gasteiger charge is 2.22. The lowest BCUT2D eigenvalue weighted by Gasteiger charge is -2.22. The predicted octanol–water partition coefficient (Wildman–Crippen LogP) is 1.91. The largest absolute Gasteiger partial charge is 0.311 e.